The Labute approximate surface area is 104 Å². The van der Waals surface area contributed by atoms with Crippen LogP contribution in [0.3, 0.4) is 0 Å². The van der Waals surface area contributed by atoms with Gasteiger partial charge in [-0.25, -0.2) is 0 Å². The maximum absolute atomic E-state index is 12.1. The number of fused-ring (bicyclic) bond motifs is 1. The molecule has 2 saturated carbocycles. The molecule has 5 atom stereocenters. The summed E-state index contributed by atoms with van der Waals surface area (Å²) in [5, 5.41) is 10.8. The van der Waals surface area contributed by atoms with Crippen molar-refractivity contribution in [3.05, 3.63) is 12.2 Å². The van der Waals surface area contributed by atoms with Crippen molar-refractivity contribution in [1.82, 2.24) is 0 Å². The van der Waals surface area contributed by atoms with E-state index >= 15 is 0 Å². The van der Waals surface area contributed by atoms with Crippen molar-refractivity contribution in [2.75, 3.05) is 0 Å². The van der Waals surface area contributed by atoms with Gasteiger partial charge in [0.1, 0.15) is 5.60 Å². The highest BCUT2D eigenvalue weighted by molar-refractivity contribution is 5.90. The van der Waals surface area contributed by atoms with Crippen LogP contribution in [0.1, 0.15) is 46.5 Å². The summed E-state index contributed by atoms with van der Waals surface area (Å²) in [6, 6.07) is 0. The van der Waals surface area contributed by atoms with E-state index in [4.69, 9.17) is 0 Å². The first-order valence-electron chi connectivity index (χ1n) is 6.78. The van der Waals surface area contributed by atoms with Crippen LogP contribution in [-0.4, -0.2) is 16.5 Å². The first kappa shape index (κ1) is 12.8. The third-order valence-electron chi connectivity index (χ3n) is 5.14. The lowest BCUT2D eigenvalue weighted by atomic mass is 9.75. The average Bonchev–Trinajstić information content (AvgIpc) is 2.40. The topological polar surface area (TPSA) is 37.3 Å². The lowest BCUT2D eigenvalue weighted by molar-refractivity contribution is -0.143. The quantitative estimate of drug-likeness (QED) is 0.711. The molecule has 1 N–H and O–H groups in total. The Morgan fingerprint density at radius 1 is 1.41 bits per heavy atom. The van der Waals surface area contributed by atoms with Gasteiger partial charge in [0.05, 0.1) is 0 Å². The highest BCUT2D eigenvalue weighted by Gasteiger charge is 2.56. The Bertz CT molecular complexity index is 347. The fourth-order valence-corrected chi connectivity index (χ4v) is 3.83. The Balaban J connectivity index is 2.33. The molecule has 0 aromatic heterocycles. The molecule has 0 aromatic rings. The second kappa shape index (κ2) is 4.24. The van der Waals surface area contributed by atoms with E-state index in [9.17, 15) is 9.90 Å². The van der Waals surface area contributed by atoms with E-state index in [1.165, 1.54) is 5.57 Å². The SMILES string of the molecule is C=C(C)C1CCC(C)C2(O)C(=O)CC(C)C2C1. The van der Waals surface area contributed by atoms with Crippen LogP contribution in [0.2, 0.25) is 0 Å². The number of carbonyl (C=O) groups is 1. The molecule has 2 nitrogen and oxygen atoms in total. The van der Waals surface area contributed by atoms with E-state index in [-0.39, 0.29) is 17.6 Å². The molecule has 0 bridgehead atoms. The Morgan fingerprint density at radius 3 is 2.65 bits per heavy atom. The van der Waals surface area contributed by atoms with Gasteiger partial charge in [0.15, 0.2) is 5.78 Å². The standard InChI is InChI=1S/C15H24O2/c1-9(2)12-6-5-11(4)15(17)13(8-12)10(3)7-14(15)16/h10-13,17H,1,5-8H2,2-4H3. The van der Waals surface area contributed by atoms with E-state index in [0.717, 1.165) is 19.3 Å². The molecule has 2 aliphatic rings. The molecule has 96 valence electrons. The predicted molar refractivity (Wildman–Crippen MR) is 68.5 cm³/mol. The summed E-state index contributed by atoms with van der Waals surface area (Å²) >= 11 is 0. The molecule has 0 aliphatic heterocycles. The molecule has 2 fully saturated rings. The highest BCUT2D eigenvalue weighted by atomic mass is 16.3. The molecule has 2 heteroatoms. The minimum Gasteiger partial charge on any atom is -0.381 e. The van der Waals surface area contributed by atoms with Gasteiger partial charge in [-0.2, -0.15) is 0 Å². The van der Waals surface area contributed by atoms with Crippen LogP contribution in [0, 0.1) is 23.7 Å². The van der Waals surface area contributed by atoms with Gasteiger partial charge >= 0.3 is 0 Å². The summed E-state index contributed by atoms with van der Waals surface area (Å²) in [4.78, 5) is 12.1. The maximum Gasteiger partial charge on any atom is 0.165 e. The number of allylic oxidation sites excluding steroid dienone is 1. The smallest absolute Gasteiger partial charge is 0.165 e. The molecule has 0 saturated heterocycles. The van der Waals surface area contributed by atoms with Gasteiger partial charge in [-0.3, -0.25) is 4.79 Å². The molecule has 0 radical (unpaired) electrons. The third kappa shape index (κ3) is 1.87. The molecule has 5 unspecified atom stereocenters. The van der Waals surface area contributed by atoms with E-state index in [2.05, 4.69) is 20.4 Å². The fourth-order valence-electron chi connectivity index (χ4n) is 3.83. The van der Waals surface area contributed by atoms with Crippen LogP contribution >= 0.6 is 0 Å². The van der Waals surface area contributed by atoms with Crippen molar-refractivity contribution in [2.45, 2.75) is 52.1 Å². The number of aliphatic hydroxyl groups is 1. The lowest BCUT2D eigenvalue weighted by Gasteiger charge is -2.34. The van der Waals surface area contributed by atoms with Gasteiger partial charge in [0.25, 0.3) is 0 Å². The zero-order chi connectivity index (χ0) is 12.8. The summed E-state index contributed by atoms with van der Waals surface area (Å²) in [5.74, 6) is 1.09. The summed E-state index contributed by atoms with van der Waals surface area (Å²) in [6.45, 7) is 10.3. The van der Waals surface area contributed by atoms with Crippen molar-refractivity contribution in [2.24, 2.45) is 23.7 Å². The van der Waals surface area contributed by atoms with Gasteiger partial charge < -0.3 is 5.11 Å². The largest absolute Gasteiger partial charge is 0.381 e. The number of carbonyl (C=O) groups excluding carboxylic acids is 1. The second-order valence-corrected chi connectivity index (χ2v) is 6.29. The first-order chi connectivity index (χ1) is 7.87. The molecule has 0 amide bonds. The number of rotatable bonds is 1. The van der Waals surface area contributed by atoms with E-state index in [1.54, 1.807) is 0 Å². The van der Waals surface area contributed by atoms with Gasteiger partial charge in [0, 0.05) is 6.42 Å². The molecular formula is C15H24O2. The molecule has 0 heterocycles. The normalized spacial score (nSPS) is 46.5. The summed E-state index contributed by atoms with van der Waals surface area (Å²) in [6.07, 6.45) is 3.48. The second-order valence-electron chi connectivity index (χ2n) is 6.29. The third-order valence-corrected chi connectivity index (χ3v) is 5.14. The summed E-state index contributed by atoms with van der Waals surface area (Å²) < 4.78 is 0. The van der Waals surface area contributed by atoms with Crippen molar-refractivity contribution in [3.63, 3.8) is 0 Å². The zero-order valence-corrected chi connectivity index (χ0v) is 11.2. The van der Waals surface area contributed by atoms with Gasteiger partial charge in [-0.15, -0.1) is 0 Å². The van der Waals surface area contributed by atoms with Gasteiger partial charge in [-0.1, -0.05) is 26.0 Å². The van der Waals surface area contributed by atoms with Crippen LogP contribution in [-0.2, 0) is 4.79 Å². The summed E-state index contributed by atoms with van der Waals surface area (Å²) in [7, 11) is 0. The molecule has 2 aliphatic carbocycles. The molecule has 0 spiro atoms. The highest BCUT2D eigenvalue weighted by Crippen LogP contribution is 2.50. The Kier molecular flexibility index (Phi) is 3.19. The minimum absolute atomic E-state index is 0.0739. The van der Waals surface area contributed by atoms with Gasteiger partial charge in [0.2, 0.25) is 0 Å². The fraction of sp³-hybridized carbons (Fsp3) is 0.800. The van der Waals surface area contributed by atoms with Crippen molar-refractivity contribution in [3.8, 4) is 0 Å². The Hall–Kier alpha value is -0.630. The predicted octanol–water partition coefficient (Wildman–Crippen LogP) is 2.95. The van der Waals surface area contributed by atoms with Crippen LogP contribution in [0.15, 0.2) is 12.2 Å². The van der Waals surface area contributed by atoms with E-state index < -0.39 is 5.60 Å². The number of ketones is 1. The van der Waals surface area contributed by atoms with Crippen LogP contribution in [0.5, 0.6) is 0 Å². The molecule has 2 rings (SSSR count). The van der Waals surface area contributed by atoms with Crippen molar-refractivity contribution in [1.29, 1.82) is 0 Å². The van der Waals surface area contributed by atoms with Crippen LogP contribution in [0.4, 0.5) is 0 Å². The number of Topliss-reactive ketones (excluding diaryl/α,β-unsaturated/α-hetero) is 1. The molecule has 17 heavy (non-hydrogen) atoms. The zero-order valence-electron chi connectivity index (χ0n) is 11.2. The number of hydrogen-bond donors (Lipinski definition) is 1. The number of hydrogen-bond acceptors (Lipinski definition) is 2. The summed E-state index contributed by atoms with van der Waals surface area (Å²) in [5.41, 5.74) is 0.150. The minimum atomic E-state index is -1.05. The van der Waals surface area contributed by atoms with Crippen LogP contribution in [0.25, 0.3) is 0 Å². The maximum atomic E-state index is 12.1. The first-order valence-corrected chi connectivity index (χ1v) is 6.78. The Morgan fingerprint density at radius 2 is 2.06 bits per heavy atom. The van der Waals surface area contributed by atoms with Gasteiger partial charge in [-0.05, 0) is 49.9 Å². The van der Waals surface area contributed by atoms with E-state index in [0.29, 0.717) is 18.3 Å². The molecular weight excluding hydrogens is 212 g/mol. The van der Waals surface area contributed by atoms with Crippen molar-refractivity contribution < 1.29 is 9.90 Å². The van der Waals surface area contributed by atoms with E-state index in [1.807, 2.05) is 6.92 Å². The van der Waals surface area contributed by atoms with Crippen LogP contribution < -0.4 is 0 Å². The lowest BCUT2D eigenvalue weighted by Crippen LogP contribution is -2.46. The average molecular weight is 236 g/mol. The van der Waals surface area contributed by atoms with Crippen molar-refractivity contribution >= 4 is 5.78 Å². The molecule has 0 aromatic carbocycles. The monoisotopic (exact) mass is 236 g/mol.